The lowest BCUT2D eigenvalue weighted by Crippen LogP contribution is -2.39. The Morgan fingerprint density at radius 3 is 2.71 bits per heavy atom. The summed E-state index contributed by atoms with van der Waals surface area (Å²) in [7, 11) is 3.71. The van der Waals surface area contributed by atoms with Crippen LogP contribution in [0.3, 0.4) is 0 Å². The van der Waals surface area contributed by atoms with E-state index in [2.05, 4.69) is 21.9 Å². The smallest absolute Gasteiger partial charge is 0.179 e. The normalized spacial score (nSPS) is 24.4. The van der Waals surface area contributed by atoms with Gasteiger partial charge in [-0.1, -0.05) is 0 Å². The molecule has 5 heteroatoms. The van der Waals surface area contributed by atoms with Gasteiger partial charge in [0.2, 0.25) is 0 Å². The zero-order valence-corrected chi connectivity index (χ0v) is 10.5. The molecule has 1 aliphatic carbocycles. The standard InChI is InChI=1S/C12H20N4O/c1-16(10-5-3-9(13)4-6-10)12-11(17-2)7-14-8-15-12/h7-10H,3-6,13H2,1-2H3. The van der Waals surface area contributed by atoms with Crippen molar-refractivity contribution in [2.45, 2.75) is 37.8 Å². The van der Waals surface area contributed by atoms with Gasteiger partial charge in [0.25, 0.3) is 0 Å². The minimum atomic E-state index is 0.368. The Bertz CT molecular complexity index is 363. The fourth-order valence-corrected chi connectivity index (χ4v) is 2.38. The number of methoxy groups -OCH3 is 1. The molecule has 1 aromatic heterocycles. The van der Waals surface area contributed by atoms with E-state index in [1.54, 1.807) is 19.6 Å². The number of hydrogen-bond acceptors (Lipinski definition) is 5. The van der Waals surface area contributed by atoms with Crippen molar-refractivity contribution in [2.75, 3.05) is 19.1 Å². The van der Waals surface area contributed by atoms with E-state index in [1.165, 1.54) is 0 Å². The van der Waals surface area contributed by atoms with Gasteiger partial charge in [-0.2, -0.15) is 0 Å². The summed E-state index contributed by atoms with van der Waals surface area (Å²) in [5.41, 5.74) is 5.92. The first-order valence-electron chi connectivity index (χ1n) is 6.04. The summed E-state index contributed by atoms with van der Waals surface area (Å²) < 4.78 is 5.29. The Morgan fingerprint density at radius 1 is 1.35 bits per heavy atom. The molecule has 94 valence electrons. The van der Waals surface area contributed by atoms with Crippen LogP contribution in [-0.4, -0.2) is 36.2 Å². The van der Waals surface area contributed by atoms with E-state index in [0.717, 1.165) is 37.3 Å². The second-order valence-electron chi connectivity index (χ2n) is 4.59. The molecule has 0 amide bonds. The fourth-order valence-electron chi connectivity index (χ4n) is 2.38. The Labute approximate surface area is 102 Å². The maximum absolute atomic E-state index is 5.92. The minimum absolute atomic E-state index is 0.368. The molecule has 0 saturated heterocycles. The molecule has 0 unspecified atom stereocenters. The largest absolute Gasteiger partial charge is 0.491 e. The third-order valence-corrected chi connectivity index (χ3v) is 3.50. The first-order valence-corrected chi connectivity index (χ1v) is 6.04. The molecule has 2 N–H and O–H groups in total. The van der Waals surface area contributed by atoms with Crippen LogP contribution >= 0.6 is 0 Å². The lowest BCUT2D eigenvalue weighted by molar-refractivity contribution is 0.375. The van der Waals surface area contributed by atoms with Gasteiger partial charge in [0.1, 0.15) is 6.33 Å². The van der Waals surface area contributed by atoms with Gasteiger partial charge < -0.3 is 15.4 Å². The number of rotatable bonds is 3. The first kappa shape index (κ1) is 12.1. The Kier molecular flexibility index (Phi) is 3.78. The quantitative estimate of drug-likeness (QED) is 0.854. The number of ether oxygens (including phenoxy) is 1. The van der Waals surface area contributed by atoms with Crippen LogP contribution < -0.4 is 15.4 Å². The topological polar surface area (TPSA) is 64.3 Å². The van der Waals surface area contributed by atoms with Crippen molar-refractivity contribution >= 4 is 5.82 Å². The highest BCUT2D eigenvalue weighted by Crippen LogP contribution is 2.29. The predicted octanol–water partition coefficient (Wildman–Crippen LogP) is 1.19. The summed E-state index contributed by atoms with van der Waals surface area (Å²) in [6.07, 6.45) is 7.66. The van der Waals surface area contributed by atoms with Crippen molar-refractivity contribution in [1.29, 1.82) is 0 Å². The second kappa shape index (κ2) is 5.31. The molecule has 2 rings (SSSR count). The second-order valence-corrected chi connectivity index (χ2v) is 4.59. The summed E-state index contributed by atoms with van der Waals surface area (Å²) in [6.45, 7) is 0. The lowest BCUT2D eigenvalue weighted by Gasteiger charge is -2.34. The van der Waals surface area contributed by atoms with Crippen LogP contribution in [0.15, 0.2) is 12.5 Å². The highest BCUT2D eigenvalue weighted by atomic mass is 16.5. The van der Waals surface area contributed by atoms with Crippen LogP contribution in [0.5, 0.6) is 5.75 Å². The first-order chi connectivity index (χ1) is 8.22. The van der Waals surface area contributed by atoms with Gasteiger partial charge in [-0.15, -0.1) is 0 Å². The summed E-state index contributed by atoms with van der Waals surface area (Å²) >= 11 is 0. The number of anilines is 1. The van der Waals surface area contributed by atoms with Gasteiger partial charge in [0.05, 0.1) is 13.3 Å². The molecule has 1 saturated carbocycles. The van der Waals surface area contributed by atoms with Gasteiger partial charge in [-0.25, -0.2) is 9.97 Å². The highest BCUT2D eigenvalue weighted by Gasteiger charge is 2.24. The van der Waals surface area contributed by atoms with E-state index < -0.39 is 0 Å². The fraction of sp³-hybridized carbons (Fsp3) is 0.667. The lowest BCUT2D eigenvalue weighted by atomic mass is 9.91. The van der Waals surface area contributed by atoms with Crippen LogP contribution in [0.1, 0.15) is 25.7 Å². The summed E-state index contributed by atoms with van der Waals surface area (Å²) in [5, 5.41) is 0. The number of nitrogens with zero attached hydrogens (tertiary/aromatic N) is 3. The number of hydrogen-bond donors (Lipinski definition) is 1. The van der Waals surface area contributed by atoms with Crippen molar-refractivity contribution < 1.29 is 4.74 Å². The van der Waals surface area contributed by atoms with E-state index in [-0.39, 0.29) is 0 Å². The molecule has 1 aliphatic rings. The van der Waals surface area contributed by atoms with Crippen LogP contribution in [0, 0.1) is 0 Å². The number of aromatic nitrogens is 2. The monoisotopic (exact) mass is 236 g/mol. The number of nitrogens with two attached hydrogens (primary N) is 1. The molecule has 1 fully saturated rings. The third-order valence-electron chi connectivity index (χ3n) is 3.50. The van der Waals surface area contributed by atoms with Crippen molar-refractivity contribution in [3.63, 3.8) is 0 Å². The van der Waals surface area contributed by atoms with Gasteiger partial charge in [0.15, 0.2) is 11.6 Å². The summed E-state index contributed by atoms with van der Waals surface area (Å²) in [6, 6.07) is 0.866. The Balaban J connectivity index is 2.10. The predicted molar refractivity (Wildman–Crippen MR) is 67.2 cm³/mol. The molecule has 5 nitrogen and oxygen atoms in total. The van der Waals surface area contributed by atoms with Gasteiger partial charge >= 0.3 is 0 Å². The van der Waals surface area contributed by atoms with Crippen LogP contribution in [0.4, 0.5) is 5.82 Å². The molecule has 0 aliphatic heterocycles. The molecule has 1 heterocycles. The van der Waals surface area contributed by atoms with E-state index >= 15 is 0 Å². The van der Waals surface area contributed by atoms with E-state index in [9.17, 15) is 0 Å². The maximum Gasteiger partial charge on any atom is 0.179 e. The van der Waals surface area contributed by atoms with Crippen molar-refractivity contribution in [2.24, 2.45) is 5.73 Å². The van der Waals surface area contributed by atoms with Gasteiger partial charge in [0, 0.05) is 19.1 Å². The van der Waals surface area contributed by atoms with E-state index in [4.69, 9.17) is 10.5 Å². The molecule has 0 spiro atoms. The Hall–Kier alpha value is -1.36. The zero-order chi connectivity index (χ0) is 12.3. The molecular weight excluding hydrogens is 216 g/mol. The molecular formula is C12H20N4O. The average Bonchev–Trinajstić information content (AvgIpc) is 2.39. The van der Waals surface area contributed by atoms with E-state index in [0.29, 0.717) is 12.1 Å². The molecule has 0 radical (unpaired) electrons. The van der Waals surface area contributed by atoms with Crippen molar-refractivity contribution in [3.8, 4) is 5.75 Å². The third kappa shape index (κ3) is 2.66. The van der Waals surface area contributed by atoms with Crippen molar-refractivity contribution in [3.05, 3.63) is 12.5 Å². The van der Waals surface area contributed by atoms with Crippen LogP contribution in [0.2, 0.25) is 0 Å². The maximum atomic E-state index is 5.92. The van der Waals surface area contributed by atoms with Crippen LogP contribution in [-0.2, 0) is 0 Å². The molecule has 0 atom stereocenters. The summed E-state index contributed by atoms with van der Waals surface area (Å²) in [4.78, 5) is 10.5. The zero-order valence-electron chi connectivity index (χ0n) is 10.5. The highest BCUT2D eigenvalue weighted by molar-refractivity contribution is 5.50. The van der Waals surface area contributed by atoms with Crippen LogP contribution in [0.25, 0.3) is 0 Å². The minimum Gasteiger partial charge on any atom is -0.491 e. The molecule has 1 aromatic rings. The van der Waals surface area contributed by atoms with Crippen molar-refractivity contribution in [1.82, 2.24) is 9.97 Å². The average molecular weight is 236 g/mol. The SMILES string of the molecule is COc1cncnc1N(C)C1CCC(N)CC1. The van der Waals surface area contributed by atoms with E-state index in [1.807, 2.05) is 0 Å². The molecule has 17 heavy (non-hydrogen) atoms. The van der Waals surface area contributed by atoms with Gasteiger partial charge in [-0.05, 0) is 25.7 Å². The molecule has 0 bridgehead atoms. The molecule has 0 aromatic carbocycles. The summed E-state index contributed by atoms with van der Waals surface area (Å²) in [5.74, 6) is 1.59. The Morgan fingerprint density at radius 2 is 2.06 bits per heavy atom. The van der Waals surface area contributed by atoms with Gasteiger partial charge in [-0.3, -0.25) is 0 Å².